The number of rotatable bonds is 6. The molecule has 1 atom stereocenters. The molecule has 0 aliphatic carbocycles. The molecule has 24 heavy (non-hydrogen) atoms. The maximum atomic E-state index is 12.7. The summed E-state index contributed by atoms with van der Waals surface area (Å²) < 4.78 is 36.4. The van der Waals surface area contributed by atoms with Crippen LogP contribution in [0.25, 0.3) is 11.0 Å². The zero-order chi connectivity index (χ0) is 17.2. The maximum absolute atomic E-state index is 12.7. The van der Waals surface area contributed by atoms with E-state index in [4.69, 9.17) is 0 Å². The van der Waals surface area contributed by atoms with E-state index in [1.165, 1.54) is 5.56 Å². The molecule has 3 rings (SSSR count). The van der Waals surface area contributed by atoms with Gasteiger partial charge in [-0.05, 0) is 36.6 Å². The minimum Gasteiger partial charge on any atom is -0.207 e. The third-order valence-corrected chi connectivity index (χ3v) is 6.00. The summed E-state index contributed by atoms with van der Waals surface area (Å²) in [5, 5.41) is 0. The van der Waals surface area contributed by atoms with E-state index in [2.05, 4.69) is 32.5 Å². The Kier molecular flexibility index (Phi) is 4.93. The van der Waals surface area contributed by atoms with Crippen molar-refractivity contribution in [1.82, 2.24) is 13.5 Å². The van der Waals surface area contributed by atoms with Gasteiger partial charge in [0, 0.05) is 6.04 Å². The summed E-state index contributed by atoms with van der Waals surface area (Å²) in [6, 6.07) is 12.7. The van der Waals surface area contributed by atoms with Crippen molar-refractivity contribution < 1.29 is 8.42 Å². The fourth-order valence-electron chi connectivity index (χ4n) is 2.62. The Balaban J connectivity index is 1.84. The monoisotopic (exact) mass is 361 g/mol. The topological polar surface area (TPSA) is 72.0 Å². The van der Waals surface area contributed by atoms with Crippen LogP contribution in [0.2, 0.25) is 0 Å². The summed E-state index contributed by atoms with van der Waals surface area (Å²) in [7, 11) is -3.67. The second-order valence-corrected chi connectivity index (χ2v) is 7.93. The van der Waals surface area contributed by atoms with Crippen LogP contribution in [-0.4, -0.2) is 17.2 Å². The molecule has 1 heterocycles. The van der Waals surface area contributed by atoms with Crippen LogP contribution in [0.4, 0.5) is 0 Å². The first-order valence-electron chi connectivity index (χ1n) is 7.83. The quantitative estimate of drug-likeness (QED) is 0.727. The standard InChI is InChI=1S/C17H19N3O2S2/c1-3-5-13-8-10-14(11-9-13)12(2)20-24(21,22)16-7-4-6-15-17(16)19-23-18-15/h4,6-12,20H,3,5H2,1-2H3. The average Bonchev–Trinajstić information content (AvgIpc) is 3.03. The fourth-order valence-corrected chi connectivity index (χ4v) is 4.62. The number of fused-ring (bicyclic) bond motifs is 1. The van der Waals surface area contributed by atoms with Crippen LogP contribution in [-0.2, 0) is 16.4 Å². The summed E-state index contributed by atoms with van der Waals surface area (Å²) in [6.07, 6.45) is 2.12. The van der Waals surface area contributed by atoms with Gasteiger partial charge in [0.05, 0.1) is 11.7 Å². The minimum absolute atomic E-state index is 0.170. The lowest BCUT2D eigenvalue weighted by molar-refractivity contribution is 0.567. The van der Waals surface area contributed by atoms with E-state index in [9.17, 15) is 8.42 Å². The summed E-state index contributed by atoms with van der Waals surface area (Å²) in [6.45, 7) is 3.98. The van der Waals surface area contributed by atoms with Crippen LogP contribution in [0.5, 0.6) is 0 Å². The second-order valence-electron chi connectivity index (χ2n) is 5.72. The predicted molar refractivity (Wildman–Crippen MR) is 96.6 cm³/mol. The van der Waals surface area contributed by atoms with Crippen LogP contribution in [0.1, 0.15) is 37.4 Å². The number of nitrogens with one attached hydrogen (secondary N) is 1. The lowest BCUT2D eigenvalue weighted by Gasteiger charge is -2.15. The van der Waals surface area contributed by atoms with Gasteiger partial charge in [-0.15, -0.1) is 0 Å². The lowest BCUT2D eigenvalue weighted by atomic mass is 10.0. The lowest BCUT2D eigenvalue weighted by Crippen LogP contribution is -2.27. The van der Waals surface area contributed by atoms with Gasteiger partial charge >= 0.3 is 0 Å². The van der Waals surface area contributed by atoms with Crippen molar-refractivity contribution in [3.05, 3.63) is 53.6 Å². The Morgan fingerprint density at radius 3 is 2.58 bits per heavy atom. The number of nitrogens with zero attached hydrogens (tertiary/aromatic N) is 2. The van der Waals surface area contributed by atoms with Crippen molar-refractivity contribution >= 4 is 32.8 Å². The van der Waals surface area contributed by atoms with E-state index in [0.717, 1.165) is 30.1 Å². The molecule has 1 N–H and O–H groups in total. The van der Waals surface area contributed by atoms with E-state index in [1.807, 2.05) is 19.1 Å². The van der Waals surface area contributed by atoms with E-state index >= 15 is 0 Å². The number of aromatic nitrogens is 2. The molecule has 0 saturated carbocycles. The van der Waals surface area contributed by atoms with Crippen LogP contribution in [0, 0.1) is 0 Å². The second kappa shape index (κ2) is 6.96. The van der Waals surface area contributed by atoms with Crippen LogP contribution in [0.15, 0.2) is 47.4 Å². The highest BCUT2D eigenvalue weighted by Gasteiger charge is 2.22. The Labute approximate surface area is 146 Å². The van der Waals surface area contributed by atoms with Crippen molar-refractivity contribution in [1.29, 1.82) is 0 Å². The van der Waals surface area contributed by atoms with Gasteiger partial charge in [0.15, 0.2) is 0 Å². The molecule has 0 spiro atoms. The predicted octanol–water partition coefficient (Wildman–Crippen LogP) is 3.68. The van der Waals surface area contributed by atoms with Crippen LogP contribution < -0.4 is 4.72 Å². The Bertz CT molecular complexity index is 934. The Hall–Kier alpha value is -1.83. The van der Waals surface area contributed by atoms with Crippen molar-refractivity contribution in [2.45, 2.75) is 37.6 Å². The summed E-state index contributed by atoms with van der Waals surface area (Å²) >= 11 is 1.01. The van der Waals surface area contributed by atoms with E-state index in [1.54, 1.807) is 18.2 Å². The van der Waals surface area contributed by atoms with Gasteiger partial charge < -0.3 is 0 Å². The summed E-state index contributed by atoms with van der Waals surface area (Å²) in [5.74, 6) is 0. The molecule has 1 unspecified atom stereocenters. The molecule has 0 aliphatic rings. The van der Waals surface area contributed by atoms with E-state index < -0.39 is 10.0 Å². The normalized spacial score (nSPS) is 13.2. The van der Waals surface area contributed by atoms with Crippen molar-refractivity contribution in [3.63, 3.8) is 0 Å². The molecule has 0 radical (unpaired) electrons. The largest absolute Gasteiger partial charge is 0.243 e. The van der Waals surface area contributed by atoms with Gasteiger partial charge in [0.2, 0.25) is 10.0 Å². The molecule has 2 aromatic carbocycles. The number of hydrogen-bond acceptors (Lipinski definition) is 5. The fraction of sp³-hybridized carbons (Fsp3) is 0.294. The highest BCUT2D eigenvalue weighted by atomic mass is 32.2. The first-order chi connectivity index (χ1) is 11.5. The zero-order valence-electron chi connectivity index (χ0n) is 13.6. The minimum atomic E-state index is -3.67. The molecule has 5 nitrogen and oxygen atoms in total. The first kappa shape index (κ1) is 17.0. The van der Waals surface area contributed by atoms with Gasteiger partial charge in [0.1, 0.15) is 15.9 Å². The SMILES string of the molecule is CCCc1ccc(C(C)NS(=O)(=O)c2cccc3nsnc23)cc1. The molecular formula is C17H19N3O2S2. The number of sulfonamides is 1. The molecule has 0 bridgehead atoms. The van der Waals surface area contributed by atoms with Gasteiger partial charge in [-0.3, -0.25) is 0 Å². The third-order valence-electron chi connectivity index (χ3n) is 3.89. The Morgan fingerprint density at radius 1 is 1.12 bits per heavy atom. The number of hydrogen-bond donors (Lipinski definition) is 1. The molecule has 0 saturated heterocycles. The van der Waals surface area contributed by atoms with Crippen LogP contribution >= 0.6 is 11.7 Å². The van der Waals surface area contributed by atoms with E-state index in [-0.39, 0.29) is 10.9 Å². The zero-order valence-corrected chi connectivity index (χ0v) is 15.2. The van der Waals surface area contributed by atoms with Gasteiger partial charge in [-0.2, -0.15) is 8.75 Å². The first-order valence-corrected chi connectivity index (χ1v) is 10.0. The molecule has 0 aliphatic heterocycles. The number of benzene rings is 2. The van der Waals surface area contributed by atoms with E-state index in [0.29, 0.717) is 11.0 Å². The highest BCUT2D eigenvalue weighted by molar-refractivity contribution is 7.89. The molecule has 7 heteroatoms. The Morgan fingerprint density at radius 2 is 1.88 bits per heavy atom. The average molecular weight is 361 g/mol. The molecular weight excluding hydrogens is 342 g/mol. The molecule has 1 aromatic heterocycles. The maximum Gasteiger partial charge on any atom is 0.243 e. The van der Waals surface area contributed by atoms with Crippen molar-refractivity contribution in [2.75, 3.05) is 0 Å². The van der Waals surface area contributed by atoms with Gasteiger partial charge in [0.25, 0.3) is 0 Å². The molecule has 126 valence electrons. The summed E-state index contributed by atoms with van der Waals surface area (Å²) in [4.78, 5) is 0.170. The third kappa shape index (κ3) is 3.48. The van der Waals surface area contributed by atoms with Crippen molar-refractivity contribution in [3.8, 4) is 0 Å². The van der Waals surface area contributed by atoms with Crippen molar-refractivity contribution in [2.24, 2.45) is 0 Å². The highest BCUT2D eigenvalue weighted by Crippen LogP contribution is 2.23. The summed E-state index contributed by atoms with van der Waals surface area (Å²) in [5.41, 5.74) is 3.21. The van der Waals surface area contributed by atoms with Crippen LogP contribution in [0.3, 0.4) is 0 Å². The molecule has 0 fully saturated rings. The van der Waals surface area contributed by atoms with Gasteiger partial charge in [-0.1, -0.05) is 43.7 Å². The number of aryl methyl sites for hydroxylation is 1. The van der Waals surface area contributed by atoms with Gasteiger partial charge in [-0.25, -0.2) is 13.1 Å². The molecule has 0 amide bonds. The smallest absolute Gasteiger partial charge is 0.207 e. The molecule has 3 aromatic rings.